The van der Waals surface area contributed by atoms with E-state index < -0.39 is 5.91 Å². The summed E-state index contributed by atoms with van der Waals surface area (Å²) in [7, 11) is 0. The number of carbonyl (C=O) groups excluding carboxylic acids is 1. The molecule has 1 aromatic rings. The average Bonchev–Trinajstić information content (AvgIpc) is 2.27. The van der Waals surface area contributed by atoms with Gasteiger partial charge in [0.1, 0.15) is 0 Å². The Balaban J connectivity index is 2.86. The number of nitrogens with two attached hydrogens (primary N) is 2. The third-order valence-corrected chi connectivity index (χ3v) is 3.05. The van der Waals surface area contributed by atoms with Gasteiger partial charge in [-0.1, -0.05) is 6.92 Å². The second kappa shape index (κ2) is 5.86. The van der Waals surface area contributed by atoms with E-state index in [1.54, 1.807) is 12.1 Å². The quantitative estimate of drug-likeness (QED) is 0.770. The average molecular weight is 286 g/mol. The minimum absolute atomic E-state index is 0.232. The molecule has 0 spiro atoms. The lowest BCUT2D eigenvalue weighted by atomic mass is 10.1. The Morgan fingerprint density at radius 1 is 1.56 bits per heavy atom. The molecule has 1 atom stereocenters. The second-order valence-electron chi connectivity index (χ2n) is 3.54. The van der Waals surface area contributed by atoms with Crippen LogP contribution < -0.4 is 16.8 Å². The molecule has 0 aliphatic heterocycles. The molecular formula is C11H16BrN3O. The predicted octanol–water partition coefficient (Wildman–Crippen LogP) is 1.70. The van der Waals surface area contributed by atoms with Crippen molar-refractivity contribution in [1.29, 1.82) is 0 Å². The summed E-state index contributed by atoms with van der Waals surface area (Å²) in [5.74, 6) is -0.432. The summed E-state index contributed by atoms with van der Waals surface area (Å²) in [6, 6.07) is 5.45. The molecule has 0 fully saturated rings. The molecule has 1 amide bonds. The van der Waals surface area contributed by atoms with Crippen molar-refractivity contribution in [1.82, 2.24) is 0 Å². The van der Waals surface area contributed by atoms with Gasteiger partial charge in [0.15, 0.2) is 0 Å². The van der Waals surface area contributed by atoms with E-state index in [-0.39, 0.29) is 6.04 Å². The molecule has 88 valence electrons. The van der Waals surface area contributed by atoms with Gasteiger partial charge >= 0.3 is 0 Å². The van der Waals surface area contributed by atoms with E-state index in [4.69, 9.17) is 11.5 Å². The molecule has 5 N–H and O–H groups in total. The fourth-order valence-electron chi connectivity index (χ4n) is 1.33. The Hall–Kier alpha value is -1.07. The molecule has 0 aliphatic rings. The van der Waals surface area contributed by atoms with Gasteiger partial charge in [0.25, 0.3) is 0 Å². The number of halogens is 1. The van der Waals surface area contributed by atoms with Crippen molar-refractivity contribution in [3.05, 3.63) is 28.2 Å². The van der Waals surface area contributed by atoms with Crippen LogP contribution in [0.3, 0.4) is 0 Å². The molecule has 0 aliphatic carbocycles. The van der Waals surface area contributed by atoms with Gasteiger partial charge in [-0.2, -0.15) is 0 Å². The lowest BCUT2D eigenvalue weighted by molar-refractivity contribution is 0.100. The van der Waals surface area contributed by atoms with Gasteiger partial charge < -0.3 is 16.8 Å². The van der Waals surface area contributed by atoms with Crippen molar-refractivity contribution in [3.8, 4) is 0 Å². The highest BCUT2D eigenvalue weighted by molar-refractivity contribution is 9.10. The number of rotatable bonds is 5. The monoisotopic (exact) mass is 285 g/mol. The van der Waals surface area contributed by atoms with Crippen molar-refractivity contribution in [2.24, 2.45) is 11.5 Å². The fourth-order valence-corrected chi connectivity index (χ4v) is 1.83. The maximum absolute atomic E-state index is 11.0. The summed E-state index contributed by atoms with van der Waals surface area (Å²) in [5.41, 5.74) is 12.2. The van der Waals surface area contributed by atoms with E-state index in [1.165, 1.54) is 0 Å². The lowest BCUT2D eigenvalue weighted by Gasteiger charge is -2.17. The van der Waals surface area contributed by atoms with Crippen LogP contribution in [0, 0.1) is 0 Å². The number of hydrogen-bond donors (Lipinski definition) is 3. The zero-order valence-corrected chi connectivity index (χ0v) is 10.8. The van der Waals surface area contributed by atoms with Crippen molar-refractivity contribution >= 4 is 27.5 Å². The van der Waals surface area contributed by atoms with Gasteiger partial charge in [0.05, 0.1) is 0 Å². The first-order valence-electron chi connectivity index (χ1n) is 5.14. The number of hydrogen-bond acceptors (Lipinski definition) is 3. The summed E-state index contributed by atoms with van der Waals surface area (Å²) in [4.78, 5) is 11.0. The molecule has 0 saturated heterocycles. The van der Waals surface area contributed by atoms with Crippen LogP contribution in [0.4, 0.5) is 5.69 Å². The zero-order chi connectivity index (χ0) is 12.1. The number of anilines is 1. The summed E-state index contributed by atoms with van der Waals surface area (Å²) >= 11 is 3.39. The largest absolute Gasteiger partial charge is 0.380 e. The van der Waals surface area contributed by atoms with E-state index >= 15 is 0 Å². The highest BCUT2D eigenvalue weighted by atomic mass is 79.9. The molecule has 1 unspecified atom stereocenters. The van der Waals surface area contributed by atoms with Crippen molar-refractivity contribution in [2.45, 2.75) is 19.4 Å². The number of benzene rings is 1. The Kier molecular flexibility index (Phi) is 4.76. The van der Waals surface area contributed by atoms with Gasteiger partial charge in [-0.15, -0.1) is 0 Å². The summed E-state index contributed by atoms with van der Waals surface area (Å²) < 4.78 is 0.815. The molecule has 0 heterocycles. The van der Waals surface area contributed by atoms with Crippen molar-refractivity contribution < 1.29 is 4.79 Å². The first-order valence-corrected chi connectivity index (χ1v) is 5.93. The predicted molar refractivity (Wildman–Crippen MR) is 69.4 cm³/mol. The first kappa shape index (κ1) is 13.0. The van der Waals surface area contributed by atoms with Crippen LogP contribution in [0.2, 0.25) is 0 Å². The van der Waals surface area contributed by atoms with Gasteiger partial charge in [0, 0.05) is 28.3 Å². The number of primary amides is 1. The van der Waals surface area contributed by atoms with Crippen LogP contribution in [0.15, 0.2) is 22.7 Å². The summed E-state index contributed by atoms with van der Waals surface area (Å²) in [5, 5.41) is 3.29. The van der Waals surface area contributed by atoms with Crippen LogP contribution in [0.25, 0.3) is 0 Å². The van der Waals surface area contributed by atoms with Gasteiger partial charge in [-0.25, -0.2) is 0 Å². The maximum Gasteiger partial charge on any atom is 0.248 e. The molecule has 4 nitrogen and oxygen atoms in total. The number of amides is 1. The van der Waals surface area contributed by atoms with Crippen LogP contribution in [-0.2, 0) is 0 Å². The van der Waals surface area contributed by atoms with E-state index in [2.05, 4.69) is 28.2 Å². The van der Waals surface area contributed by atoms with Crippen LogP contribution in [-0.4, -0.2) is 18.5 Å². The molecule has 1 rings (SSSR count). The first-order chi connectivity index (χ1) is 7.58. The molecule has 0 radical (unpaired) electrons. The molecular weight excluding hydrogens is 270 g/mol. The topological polar surface area (TPSA) is 81.1 Å². The summed E-state index contributed by atoms with van der Waals surface area (Å²) in [6.45, 7) is 2.64. The smallest absolute Gasteiger partial charge is 0.248 e. The van der Waals surface area contributed by atoms with E-state index in [9.17, 15) is 4.79 Å². The van der Waals surface area contributed by atoms with Gasteiger partial charge in [-0.05, 0) is 40.5 Å². The zero-order valence-electron chi connectivity index (χ0n) is 9.16. The number of nitrogens with one attached hydrogen (secondary N) is 1. The Morgan fingerprint density at radius 3 is 2.69 bits per heavy atom. The second-order valence-corrected chi connectivity index (χ2v) is 4.40. The number of carbonyl (C=O) groups is 1. The Morgan fingerprint density at radius 2 is 2.25 bits per heavy atom. The van der Waals surface area contributed by atoms with Crippen molar-refractivity contribution in [3.63, 3.8) is 0 Å². The molecule has 1 aromatic carbocycles. The highest BCUT2D eigenvalue weighted by Crippen LogP contribution is 2.24. The van der Waals surface area contributed by atoms with Gasteiger partial charge in [-0.3, -0.25) is 4.79 Å². The minimum atomic E-state index is -0.432. The lowest BCUT2D eigenvalue weighted by Crippen LogP contribution is -2.28. The summed E-state index contributed by atoms with van der Waals surface area (Å²) in [6.07, 6.45) is 0.945. The van der Waals surface area contributed by atoms with Crippen molar-refractivity contribution in [2.75, 3.05) is 11.9 Å². The van der Waals surface area contributed by atoms with Crippen LogP contribution in [0.1, 0.15) is 23.7 Å². The highest BCUT2D eigenvalue weighted by Gasteiger charge is 2.08. The molecule has 0 saturated carbocycles. The fraction of sp³-hybridized carbons (Fsp3) is 0.364. The van der Waals surface area contributed by atoms with E-state index in [0.717, 1.165) is 16.6 Å². The van der Waals surface area contributed by atoms with Crippen LogP contribution in [0.5, 0.6) is 0 Å². The third kappa shape index (κ3) is 3.21. The normalized spacial score (nSPS) is 12.2. The standard InChI is InChI=1S/C11H16BrN3O/c1-2-8(6-13)15-10-4-3-7(11(14)16)5-9(10)12/h3-5,8,15H,2,6,13H2,1H3,(H2,14,16). The maximum atomic E-state index is 11.0. The van der Waals surface area contributed by atoms with E-state index in [0.29, 0.717) is 12.1 Å². The molecule has 16 heavy (non-hydrogen) atoms. The Labute approximate surface area is 104 Å². The molecule has 5 heteroatoms. The van der Waals surface area contributed by atoms with Gasteiger partial charge in [0.2, 0.25) is 5.91 Å². The minimum Gasteiger partial charge on any atom is -0.380 e. The molecule has 0 bridgehead atoms. The Bertz CT molecular complexity index is 377. The van der Waals surface area contributed by atoms with Crippen LogP contribution >= 0.6 is 15.9 Å². The molecule has 0 aromatic heterocycles. The van der Waals surface area contributed by atoms with E-state index in [1.807, 2.05) is 6.07 Å². The third-order valence-electron chi connectivity index (χ3n) is 2.39. The SMILES string of the molecule is CCC(CN)Nc1ccc(C(N)=O)cc1Br.